The van der Waals surface area contributed by atoms with Crippen LogP contribution in [0.4, 0.5) is 4.79 Å². The number of methoxy groups -OCH3 is 1. The Labute approximate surface area is 156 Å². The second kappa shape index (κ2) is 7.19. The minimum atomic E-state index is -0.310. The Morgan fingerprint density at radius 1 is 1.19 bits per heavy atom. The van der Waals surface area contributed by atoms with E-state index in [4.69, 9.17) is 4.74 Å². The summed E-state index contributed by atoms with van der Waals surface area (Å²) in [6, 6.07) is 6.59. The van der Waals surface area contributed by atoms with Gasteiger partial charge in [0, 0.05) is 38.6 Å². The standard InChI is InChI=1S/C19H24N4O4/c1-27-16-12-6-7-13(16)11-22(10-12)19(26)20-8-9-23-18(25)15-5-3-2-4-14(15)17(24)21-23/h2-5,12-13,16H,6-11H2,1H3,(H,20,26)(H,21,24)/t12-,13+,16?. The van der Waals surface area contributed by atoms with Gasteiger partial charge >= 0.3 is 6.03 Å². The molecule has 0 spiro atoms. The topological polar surface area (TPSA) is 96.4 Å². The lowest BCUT2D eigenvalue weighted by Crippen LogP contribution is -2.51. The highest BCUT2D eigenvalue weighted by atomic mass is 16.5. The minimum absolute atomic E-state index is 0.127. The van der Waals surface area contributed by atoms with Gasteiger partial charge in [0.25, 0.3) is 11.1 Å². The number of benzene rings is 1. The van der Waals surface area contributed by atoms with Crippen LogP contribution in [0.5, 0.6) is 0 Å². The van der Waals surface area contributed by atoms with Crippen LogP contribution >= 0.6 is 0 Å². The summed E-state index contributed by atoms with van der Waals surface area (Å²) in [6.45, 7) is 1.89. The zero-order valence-electron chi connectivity index (χ0n) is 15.3. The van der Waals surface area contributed by atoms with Crippen LogP contribution in [-0.2, 0) is 11.3 Å². The van der Waals surface area contributed by atoms with Crippen LogP contribution in [0, 0.1) is 11.8 Å². The van der Waals surface area contributed by atoms with Crippen LogP contribution in [0.1, 0.15) is 12.8 Å². The fourth-order valence-corrected chi connectivity index (χ4v) is 4.51. The number of H-pyrrole nitrogens is 1. The van der Waals surface area contributed by atoms with Gasteiger partial charge in [0.15, 0.2) is 0 Å². The van der Waals surface area contributed by atoms with Gasteiger partial charge in [-0.1, -0.05) is 12.1 Å². The number of urea groups is 1. The molecule has 2 aliphatic rings. The van der Waals surface area contributed by atoms with E-state index in [-0.39, 0.29) is 36.3 Å². The van der Waals surface area contributed by atoms with E-state index in [1.54, 1.807) is 31.4 Å². The van der Waals surface area contributed by atoms with Crippen LogP contribution < -0.4 is 16.4 Å². The second-order valence-electron chi connectivity index (χ2n) is 7.38. The molecule has 144 valence electrons. The molecule has 1 aliphatic carbocycles. The fourth-order valence-electron chi connectivity index (χ4n) is 4.51. The lowest BCUT2D eigenvalue weighted by Gasteiger charge is -2.37. The lowest BCUT2D eigenvalue weighted by atomic mass is 9.95. The first kappa shape index (κ1) is 17.8. The zero-order valence-corrected chi connectivity index (χ0v) is 15.3. The number of hydrogen-bond acceptors (Lipinski definition) is 4. The Bertz CT molecular complexity index is 952. The molecule has 2 aromatic rings. The van der Waals surface area contributed by atoms with Gasteiger partial charge < -0.3 is 15.0 Å². The van der Waals surface area contributed by atoms with E-state index in [9.17, 15) is 14.4 Å². The molecule has 8 nitrogen and oxygen atoms in total. The number of likely N-dealkylation sites (tertiary alicyclic amines) is 1. The van der Waals surface area contributed by atoms with Crippen LogP contribution in [0.15, 0.2) is 33.9 Å². The summed E-state index contributed by atoms with van der Waals surface area (Å²) >= 11 is 0. The molecule has 0 radical (unpaired) electrons. The molecule has 3 atom stereocenters. The number of nitrogens with one attached hydrogen (secondary N) is 2. The quantitative estimate of drug-likeness (QED) is 0.828. The van der Waals surface area contributed by atoms with Gasteiger partial charge in [-0.15, -0.1) is 0 Å². The molecular weight excluding hydrogens is 348 g/mol. The first-order valence-electron chi connectivity index (χ1n) is 9.36. The minimum Gasteiger partial charge on any atom is -0.381 e. The van der Waals surface area contributed by atoms with Crippen molar-refractivity contribution in [3.63, 3.8) is 0 Å². The number of rotatable bonds is 4. The Balaban J connectivity index is 1.39. The molecule has 2 heterocycles. The lowest BCUT2D eigenvalue weighted by molar-refractivity contribution is -0.00506. The van der Waals surface area contributed by atoms with Crippen LogP contribution in [-0.4, -0.2) is 53.6 Å². The van der Waals surface area contributed by atoms with Crippen LogP contribution in [0.2, 0.25) is 0 Å². The Hall–Kier alpha value is -2.61. The van der Waals surface area contributed by atoms with Gasteiger partial charge in [0.05, 0.1) is 23.4 Å². The molecule has 1 saturated heterocycles. The number of aromatic nitrogens is 2. The fraction of sp³-hybridized carbons (Fsp3) is 0.526. The molecule has 8 heteroatoms. The smallest absolute Gasteiger partial charge is 0.317 e. The van der Waals surface area contributed by atoms with E-state index >= 15 is 0 Å². The predicted octanol–water partition coefficient (Wildman–Crippen LogP) is 0.756. The first-order valence-corrected chi connectivity index (χ1v) is 9.36. The summed E-state index contributed by atoms with van der Waals surface area (Å²) < 4.78 is 6.83. The number of amides is 2. The van der Waals surface area contributed by atoms with E-state index in [0.29, 0.717) is 35.7 Å². The van der Waals surface area contributed by atoms with Crippen molar-refractivity contribution in [3.8, 4) is 0 Å². The van der Waals surface area contributed by atoms with E-state index < -0.39 is 0 Å². The Morgan fingerprint density at radius 2 is 1.85 bits per heavy atom. The summed E-state index contributed by atoms with van der Waals surface area (Å²) in [5.74, 6) is 0.804. The summed E-state index contributed by atoms with van der Waals surface area (Å²) in [5.41, 5.74) is -0.576. The average Bonchev–Trinajstić information content (AvgIpc) is 2.93. The van der Waals surface area contributed by atoms with E-state index in [0.717, 1.165) is 12.8 Å². The number of ether oxygens (including phenoxy) is 1. The molecule has 27 heavy (non-hydrogen) atoms. The summed E-state index contributed by atoms with van der Waals surface area (Å²) in [6.07, 6.45) is 2.46. The maximum absolute atomic E-state index is 12.5. The monoisotopic (exact) mass is 372 g/mol. The van der Waals surface area contributed by atoms with Gasteiger partial charge in [-0.2, -0.15) is 0 Å². The molecular formula is C19H24N4O4. The third kappa shape index (κ3) is 3.25. The summed E-state index contributed by atoms with van der Waals surface area (Å²) in [7, 11) is 1.74. The van der Waals surface area contributed by atoms with Crippen LogP contribution in [0.3, 0.4) is 0 Å². The van der Waals surface area contributed by atoms with Crippen molar-refractivity contribution < 1.29 is 9.53 Å². The van der Waals surface area contributed by atoms with Gasteiger partial charge in [0.1, 0.15) is 0 Å². The number of piperidine rings is 1. The van der Waals surface area contributed by atoms with Crippen molar-refractivity contribution in [2.45, 2.75) is 25.5 Å². The number of carbonyl (C=O) groups is 1. The third-order valence-electron chi connectivity index (χ3n) is 5.80. The Kier molecular flexibility index (Phi) is 4.73. The molecule has 1 unspecified atom stereocenters. The number of carbonyl (C=O) groups excluding carboxylic acids is 1. The highest BCUT2D eigenvalue weighted by Gasteiger charge is 2.43. The highest BCUT2D eigenvalue weighted by molar-refractivity contribution is 5.80. The molecule has 4 rings (SSSR count). The second-order valence-corrected chi connectivity index (χ2v) is 7.38. The van der Waals surface area contributed by atoms with Gasteiger partial charge in [-0.25, -0.2) is 9.48 Å². The maximum Gasteiger partial charge on any atom is 0.317 e. The van der Waals surface area contributed by atoms with E-state index in [2.05, 4.69) is 10.4 Å². The number of aromatic amines is 1. The zero-order chi connectivity index (χ0) is 19.0. The maximum atomic E-state index is 12.5. The molecule has 1 aliphatic heterocycles. The number of nitrogens with zero attached hydrogens (tertiary/aromatic N) is 2. The molecule has 2 amide bonds. The summed E-state index contributed by atoms with van der Waals surface area (Å²) in [4.78, 5) is 38.9. The SMILES string of the molecule is COC1[C@@H]2CC[C@H]1CN(C(=O)NCCn1[nH]c(=O)c3ccccc3c1=O)C2. The number of hydrogen-bond donors (Lipinski definition) is 2. The van der Waals surface area contributed by atoms with Crippen molar-refractivity contribution in [1.82, 2.24) is 20.0 Å². The van der Waals surface area contributed by atoms with Crippen molar-refractivity contribution in [3.05, 3.63) is 45.0 Å². The van der Waals surface area contributed by atoms with Gasteiger partial charge in [-0.3, -0.25) is 14.7 Å². The highest BCUT2D eigenvalue weighted by Crippen LogP contribution is 2.38. The van der Waals surface area contributed by atoms with Crippen molar-refractivity contribution in [2.75, 3.05) is 26.7 Å². The molecule has 2 fully saturated rings. The van der Waals surface area contributed by atoms with Gasteiger partial charge in [0.2, 0.25) is 0 Å². The molecule has 1 aromatic heterocycles. The number of fused-ring (bicyclic) bond motifs is 3. The van der Waals surface area contributed by atoms with E-state index in [1.165, 1.54) is 4.68 Å². The Morgan fingerprint density at radius 3 is 2.52 bits per heavy atom. The molecule has 2 N–H and O–H groups in total. The predicted molar refractivity (Wildman–Crippen MR) is 101 cm³/mol. The molecule has 1 aromatic carbocycles. The van der Waals surface area contributed by atoms with Crippen molar-refractivity contribution in [1.29, 1.82) is 0 Å². The van der Waals surface area contributed by atoms with E-state index in [1.807, 2.05) is 4.90 Å². The molecule has 2 bridgehead atoms. The first-order chi connectivity index (χ1) is 13.1. The van der Waals surface area contributed by atoms with Crippen molar-refractivity contribution in [2.24, 2.45) is 11.8 Å². The largest absolute Gasteiger partial charge is 0.381 e. The average molecular weight is 372 g/mol. The van der Waals surface area contributed by atoms with Crippen LogP contribution in [0.25, 0.3) is 10.8 Å². The third-order valence-corrected chi connectivity index (χ3v) is 5.80. The normalized spacial score (nSPS) is 24.3. The summed E-state index contributed by atoms with van der Waals surface area (Å²) in [5, 5.41) is 6.19. The van der Waals surface area contributed by atoms with Gasteiger partial charge in [-0.05, 0) is 25.0 Å². The molecule has 1 saturated carbocycles. The van der Waals surface area contributed by atoms with Crippen molar-refractivity contribution >= 4 is 16.8 Å².